The van der Waals surface area contributed by atoms with Crippen molar-refractivity contribution in [2.75, 3.05) is 13.1 Å². The zero-order chi connectivity index (χ0) is 14.4. The quantitative estimate of drug-likeness (QED) is 0.775. The third kappa shape index (κ3) is 4.48. The fraction of sp³-hybridized carbons (Fsp3) is 0.400. The van der Waals surface area contributed by atoms with E-state index >= 15 is 0 Å². The molecule has 0 spiro atoms. The molecule has 1 fully saturated rings. The van der Waals surface area contributed by atoms with Gasteiger partial charge in [0.2, 0.25) is 10.0 Å². The predicted molar refractivity (Wildman–Crippen MR) is 78.9 cm³/mol. The van der Waals surface area contributed by atoms with E-state index in [9.17, 15) is 8.42 Å². The molecule has 0 amide bonds. The molecule has 20 heavy (non-hydrogen) atoms. The fourth-order valence-electron chi connectivity index (χ4n) is 1.90. The second-order valence-electron chi connectivity index (χ2n) is 4.97. The SMILES string of the molecule is N#CCCN(CC1CC1)S(=O)(=O)C=Cc1ccccc1. The van der Waals surface area contributed by atoms with Crippen molar-refractivity contribution in [1.82, 2.24) is 4.31 Å². The molecule has 0 saturated heterocycles. The summed E-state index contributed by atoms with van der Waals surface area (Å²) in [4.78, 5) is 0. The number of sulfonamides is 1. The van der Waals surface area contributed by atoms with Gasteiger partial charge in [-0.3, -0.25) is 0 Å². The highest BCUT2D eigenvalue weighted by Crippen LogP contribution is 2.30. The second-order valence-corrected chi connectivity index (χ2v) is 6.79. The van der Waals surface area contributed by atoms with Crippen LogP contribution in [0.1, 0.15) is 24.8 Å². The summed E-state index contributed by atoms with van der Waals surface area (Å²) in [5, 5.41) is 9.89. The molecule has 0 unspecified atom stereocenters. The average molecular weight is 290 g/mol. The minimum absolute atomic E-state index is 0.227. The molecule has 0 heterocycles. The molecule has 1 saturated carbocycles. The summed E-state index contributed by atoms with van der Waals surface area (Å²) in [6.45, 7) is 0.803. The van der Waals surface area contributed by atoms with Gasteiger partial charge in [-0.15, -0.1) is 0 Å². The standard InChI is InChI=1S/C15H18N2O2S/c16-10-4-11-17(13-15-7-8-15)20(18,19)12-9-14-5-2-1-3-6-14/h1-3,5-6,9,12,15H,4,7-8,11,13H2. The first-order valence-electron chi connectivity index (χ1n) is 6.72. The molecule has 1 aromatic rings. The van der Waals surface area contributed by atoms with Crippen LogP contribution in [-0.2, 0) is 10.0 Å². The van der Waals surface area contributed by atoms with Crippen LogP contribution in [0.2, 0.25) is 0 Å². The molecule has 0 bridgehead atoms. The van der Waals surface area contributed by atoms with E-state index in [1.165, 1.54) is 9.71 Å². The summed E-state index contributed by atoms with van der Waals surface area (Å²) in [5.41, 5.74) is 0.850. The van der Waals surface area contributed by atoms with Crippen molar-refractivity contribution in [2.45, 2.75) is 19.3 Å². The molecule has 4 nitrogen and oxygen atoms in total. The van der Waals surface area contributed by atoms with Crippen molar-refractivity contribution in [3.05, 3.63) is 41.3 Å². The van der Waals surface area contributed by atoms with Gasteiger partial charge < -0.3 is 0 Å². The number of hydrogen-bond acceptors (Lipinski definition) is 3. The van der Waals surface area contributed by atoms with E-state index in [1.54, 1.807) is 6.08 Å². The van der Waals surface area contributed by atoms with Crippen LogP contribution < -0.4 is 0 Å². The van der Waals surface area contributed by atoms with Gasteiger partial charge in [-0.05, 0) is 30.4 Å². The van der Waals surface area contributed by atoms with Gasteiger partial charge in [-0.2, -0.15) is 9.57 Å². The highest BCUT2D eigenvalue weighted by Gasteiger charge is 2.29. The van der Waals surface area contributed by atoms with Gasteiger partial charge >= 0.3 is 0 Å². The van der Waals surface area contributed by atoms with E-state index in [0.29, 0.717) is 12.5 Å². The summed E-state index contributed by atoms with van der Waals surface area (Å²) in [5.74, 6) is 0.466. The van der Waals surface area contributed by atoms with E-state index in [0.717, 1.165) is 18.4 Å². The molecule has 5 heteroatoms. The van der Waals surface area contributed by atoms with Gasteiger partial charge in [-0.25, -0.2) is 8.42 Å². The zero-order valence-electron chi connectivity index (χ0n) is 11.3. The van der Waals surface area contributed by atoms with E-state index in [-0.39, 0.29) is 13.0 Å². The molecule has 0 aromatic heterocycles. The summed E-state index contributed by atoms with van der Waals surface area (Å²) < 4.78 is 26.0. The maximum atomic E-state index is 12.3. The number of nitriles is 1. The van der Waals surface area contributed by atoms with Crippen molar-refractivity contribution >= 4 is 16.1 Å². The topological polar surface area (TPSA) is 61.2 Å². The number of rotatable bonds is 7. The Balaban J connectivity index is 2.08. The molecular formula is C15H18N2O2S. The van der Waals surface area contributed by atoms with Crippen molar-refractivity contribution < 1.29 is 8.42 Å². The van der Waals surface area contributed by atoms with Gasteiger partial charge in [0, 0.05) is 24.9 Å². The third-order valence-electron chi connectivity index (χ3n) is 3.22. The van der Waals surface area contributed by atoms with Crippen LogP contribution in [0.3, 0.4) is 0 Å². The number of benzene rings is 1. The average Bonchev–Trinajstić information content (AvgIpc) is 3.26. The van der Waals surface area contributed by atoms with Gasteiger partial charge in [-0.1, -0.05) is 30.3 Å². The van der Waals surface area contributed by atoms with Gasteiger partial charge in [0.1, 0.15) is 0 Å². The van der Waals surface area contributed by atoms with E-state index in [2.05, 4.69) is 0 Å². The Morgan fingerprint density at radius 3 is 2.60 bits per heavy atom. The first-order valence-corrected chi connectivity index (χ1v) is 8.22. The van der Waals surface area contributed by atoms with Crippen LogP contribution in [0.25, 0.3) is 6.08 Å². The zero-order valence-corrected chi connectivity index (χ0v) is 12.1. The van der Waals surface area contributed by atoms with Crippen LogP contribution in [-0.4, -0.2) is 25.8 Å². The van der Waals surface area contributed by atoms with Crippen LogP contribution >= 0.6 is 0 Å². The Bertz CT molecular complexity index is 599. The van der Waals surface area contributed by atoms with E-state index in [1.807, 2.05) is 36.4 Å². The molecular weight excluding hydrogens is 272 g/mol. The molecule has 0 aliphatic heterocycles. The van der Waals surface area contributed by atoms with Gasteiger partial charge in [0.05, 0.1) is 6.07 Å². The molecule has 0 atom stereocenters. The van der Waals surface area contributed by atoms with Crippen LogP contribution in [0.5, 0.6) is 0 Å². The molecule has 0 N–H and O–H groups in total. The Morgan fingerprint density at radius 1 is 1.30 bits per heavy atom. The lowest BCUT2D eigenvalue weighted by Gasteiger charge is -2.18. The van der Waals surface area contributed by atoms with Crippen molar-refractivity contribution in [3.63, 3.8) is 0 Å². The van der Waals surface area contributed by atoms with Crippen LogP contribution in [0.4, 0.5) is 0 Å². The fourth-order valence-corrected chi connectivity index (χ4v) is 3.17. The Kier molecular flexibility index (Phi) is 4.94. The minimum Gasteiger partial charge on any atom is -0.208 e. The lowest BCUT2D eigenvalue weighted by Crippen LogP contribution is -2.32. The van der Waals surface area contributed by atoms with Gasteiger partial charge in [0.15, 0.2) is 0 Å². The largest absolute Gasteiger partial charge is 0.236 e. The lowest BCUT2D eigenvalue weighted by atomic mass is 10.2. The Morgan fingerprint density at radius 2 is 2.00 bits per heavy atom. The first-order chi connectivity index (χ1) is 9.62. The Labute approximate surface area is 120 Å². The predicted octanol–water partition coefficient (Wildman–Crippen LogP) is 2.61. The van der Waals surface area contributed by atoms with Crippen LogP contribution in [0.15, 0.2) is 35.7 Å². The molecule has 1 aromatic carbocycles. The van der Waals surface area contributed by atoms with E-state index < -0.39 is 10.0 Å². The van der Waals surface area contributed by atoms with Gasteiger partial charge in [0.25, 0.3) is 0 Å². The molecule has 106 valence electrons. The third-order valence-corrected chi connectivity index (χ3v) is 4.76. The number of hydrogen-bond donors (Lipinski definition) is 0. The summed E-state index contributed by atoms with van der Waals surface area (Å²) in [6, 6.07) is 11.3. The molecule has 1 aliphatic carbocycles. The summed E-state index contributed by atoms with van der Waals surface area (Å²) in [6.07, 6.45) is 3.99. The summed E-state index contributed by atoms with van der Waals surface area (Å²) >= 11 is 0. The maximum absolute atomic E-state index is 12.3. The molecule has 0 radical (unpaired) electrons. The minimum atomic E-state index is -3.45. The summed E-state index contributed by atoms with van der Waals surface area (Å²) in [7, 11) is -3.45. The maximum Gasteiger partial charge on any atom is 0.236 e. The smallest absolute Gasteiger partial charge is 0.208 e. The second kappa shape index (κ2) is 6.69. The Hall–Kier alpha value is -1.64. The van der Waals surface area contributed by atoms with Crippen molar-refractivity contribution in [3.8, 4) is 6.07 Å². The molecule has 1 aliphatic rings. The monoisotopic (exact) mass is 290 g/mol. The highest BCUT2D eigenvalue weighted by atomic mass is 32.2. The van der Waals surface area contributed by atoms with Crippen molar-refractivity contribution in [2.24, 2.45) is 5.92 Å². The van der Waals surface area contributed by atoms with Crippen molar-refractivity contribution in [1.29, 1.82) is 5.26 Å². The first kappa shape index (κ1) is 14.8. The van der Waals surface area contributed by atoms with Crippen LogP contribution in [0, 0.1) is 17.2 Å². The number of nitrogens with zero attached hydrogens (tertiary/aromatic N) is 2. The highest BCUT2D eigenvalue weighted by molar-refractivity contribution is 7.92. The van der Waals surface area contributed by atoms with E-state index in [4.69, 9.17) is 5.26 Å². The molecule has 2 rings (SSSR count). The normalized spacial score (nSPS) is 15.6. The lowest BCUT2D eigenvalue weighted by molar-refractivity contribution is 0.408.